The Morgan fingerprint density at radius 3 is 2.63 bits per heavy atom. The Morgan fingerprint density at radius 2 is 1.96 bits per heavy atom. The van der Waals surface area contributed by atoms with E-state index >= 15 is 0 Å². The van der Waals surface area contributed by atoms with Crippen LogP contribution >= 0.6 is 11.5 Å². The van der Waals surface area contributed by atoms with Crippen molar-refractivity contribution >= 4 is 29.0 Å². The van der Waals surface area contributed by atoms with Crippen molar-refractivity contribution in [2.75, 3.05) is 0 Å². The van der Waals surface area contributed by atoms with E-state index in [2.05, 4.69) is 40.4 Å². The molecule has 4 aromatic rings. The Kier molecular flexibility index (Phi) is 7.51. The smallest absolute Gasteiger partial charge is 0.344 e. The zero-order valence-corrected chi connectivity index (χ0v) is 25.0. The van der Waals surface area contributed by atoms with E-state index in [0.717, 1.165) is 24.4 Å². The average Bonchev–Trinajstić information content (AvgIpc) is 3.37. The first-order valence-electron chi connectivity index (χ1n) is 14.9. The van der Waals surface area contributed by atoms with Crippen LogP contribution in [-0.2, 0) is 17.6 Å². The first-order valence-corrected chi connectivity index (χ1v) is 15.7. The van der Waals surface area contributed by atoms with Crippen molar-refractivity contribution in [3.05, 3.63) is 52.4 Å². The van der Waals surface area contributed by atoms with Crippen LogP contribution in [0.4, 0.5) is 22.0 Å². The summed E-state index contributed by atoms with van der Waals surface area (Å²) in [6.45, 7) is 0. The standard InChI is InChI=1S/C28H28F5N9O3S/c29-27(30)5-3-16(4-6-27)21(38-24(43)23-22(15-1-2-15)39-45-40-23)17-12-42-20(36-17)7-14(11-35-42)8-26(10-19-34-13-46-41-19)9-18(28(31,32)33)37-25(26)44/h7,11-13,15-16,18,21H,1-6,8-10H2,(H,37,44)(H,38,43)/t18-,21-,26-/m0/s1. The number of amides is 2. The fraction of sp³-hybridized carbons (Fsp3) is 0.571. The molecule has 0 radical (unpaired) electrons. The van der Waals surface area contributed by atoms with Gasteiger partial charge in [-0.25, -0.2) is 27.9 Å². The zero-order valence-electron chi connectivity index (χ0n) is 24.1. The van der Waals surface area contributed by atoms with Crippen molar-refractivity contribution in [2.45, 2.75) is 87.9 Å². The second-order valence-corrected chi connectivity index (χ2v) is 13.1. The number of fused-ring (bicyclic) bond motifs is 1. The van der Waals surface area contributed by atoms with Crippen LogP contribution in [0.1, 0.15) is 90.2 Å². The lowest BCUT2D eigenvalue weighted by molar-refractivity contribution is -0.155. The predicted molar refractivity (Wildman–Crippen MR) is 149 cm³/mol. The third-order valence-electron chi connectivity index (χ3n) is 9.15. The molecule has 18 heteroatoms. The van der Waals surface area contributed by atoms with Crippen molar-refractivity contribution in [2.24, 2.45) is 11.3 Å². The SMILES string of the molecule is O=C(N[C@H](c1cn2ncc(C[C@@]3(Cc4ncsn4)C[C@@H](C(F)(F)F)NC3=O)cc2n1)C1CCC(F)(F)CC1)c1nonc1C1CC1. The van der Waals surface area contributed by atoms with Crippen molar-refractivity contribution in [3.63, 3.8) is 0 Å². The number of aromatic nitrogens is 7. The van der Waals surface area contributed by atoms with Gasteiger partial charge in [0, 0.05) is 25.2 Å². The summed E-state index contributed by atoms with van der Waals surface area (Å²) in [5, 5.41) is 17.1. The first-order chi connectivity index (χ1) is 21.9. The van der Waals surface area contributed by atoms with Crippen molar-refractivity contribution in [3.8, 4) is 0 Å². The van der Waals surface area contributed by atoms with E-state index in [1.54, 1.807) is 12.3 Å². The molecule has 3 fully saturated rings. The van der Waals surface area contributed by atoms with Crippen molar-refractivity contribution < 1.29 is 36.2 Å². The minimum atomic E-state index is -4.63. The Balaban J connectivity index is 1.18. The summed E-state index contributed by atoms with van der Waals surface area (Å²) >= 11 is 1.04. The summed E-state index contributed by atoms with van der Waals surface area (Å²) in [6, 6.07) is -1.17. The number of alkyl halides is 5. The normalized spacial score (nSPS) is 24.3. The molecule has 46 heavy (non-hydrogen) atoms. The maximum atomic E-state index is 14.1. The maximum absolute atomic E-state index is 14.1. The molecule has 2 saturated carbocycles. The summed E-state index contributed by atoms with van der Waals surface area (Å²) < 4.78 is 79.5. The molecule has 1 saturated heterocycles. The molecule has 0 bridgehead atoms. The molecule has 1 aliphatic heterocycles. The predicted octanol–water partition coefficient (Wildman–Crippen LogP) is 4.36. The molecule has 3 atom stereocenters. The Hall–Kier alpha value is -4.09. The lowest BCUT2D eigenvalue weighted by Gasteiger charge is -2.33. The average molecular weight is 666 g/mol. The highest BCUT2D eigenvalue weighted by atomic mass is 32.1. The number of carbonyl (C=O) groups excluding carboxylic acids is 2. The largest absolute Gasteiger partial charge is 0.408 e. The van der Waals surface area contributed by atoms with E-state index in [9.17, 15) is 31.5 Å². The highest BCUT2D eigenvalue weighted by molar-refractivity contribution is 7.03. The van der Waals surface area contributed by atoms with E-state index in [-0.39, 0.29) is 61.9 Å². The Morgan fingerprint density at radius 1 is 1.17 bits per heavy atom. The highest BCUT2D eigenvalue weighted by Gasteiger charge is 2.56. The number of imidazole rings is 1. The van der Waals surface area contributed by atoms with Crippen LogP contribution in [0.5, 0.6) is 0 Å². The van der Waals surface area contributed by atoms with Gasteiger partial charge in [-0.3, -0.25) is 9.59 Å². The van der Waals surface area contributed by atoms with E-state index in [0.29, 0.717) is 22.6 Å². The quantitative estimate of drug-likeness (QED) is 0.248. The highest BCUT2D eigenvalue weighted by Crippen LogP contribution is 2.44. The van der Waals surface area contributed by atoms with Crippen LogP contribution in [0, 0.1) is 11.3 Å². The third kappa shape index (κ3) is 6.05. The molecule has 5 heterocycles. The molecular formula is C28H28F5N9O3S. The topological polar surface area (TPSA) is 153 Å². The van der Waals surface area contributed by atoms with Crippen LogP contribution in [0.3, 0.4) is 0 Å². The molecule has 2 N–H and O–H groups in total. The van der Waals surface area contributed by atoms with Gasteiger partial charge in [-0.2, -0.15) is 22.6 Å². The number of hydrogen-bond acceptors (Lipinski definition) is 10. The number of nitrogens with zero attached hydrogens (tertiary/aromatic N) is 7. The molecule has 3 aliphatic rings. The fourth-order valence-electron chi connectivity index (χ4n) is 6.57. The van der Waals surface area contributed by atoms with Gasteiger partial charge in [-0.05, 0) is 72.8 Å². The monoisotopic (exact) mass is 665 g/mol. The summed E-state index contributed by atoms with van der Waals surface area (Å²) in [5.74, 6) is -4.12. The Labute approximate surface area is 261 Å². The van der Waals surface area contributed by atoms with Crippen LogP contribution in [-0.4, -0.2) is 64.2 Å². The van der Waals surface area contributed by atoms with Gasteiger partial charge in [-0.15, -0.1) is 0 Å². The second kappa shape index (κ2) is 11.3. The van der Waals surface area contributed by atoms with Gasteiger partial charge in [0.15, 0.2) is 11.3 Å². The van der Waals surface area contributed by atoms with Gasteiger partial charge in [-0.1, -0.05) is 5.16 Å². The van der Waals surface area contributed by atoms with Crippen LogP contribution in [0.25, 0.3) is 5.65 Å². The summed E-state index contributed by atoms with van der Waals surface area (Å²) in [4.78, 5) is 35.3. The number of rotatable bonds is 9. The molecule has 0 unspecified atom stereocenters. The number of halogens is 5. The minimum absolute atomic E-state index is 0.0460. The van der Waals surface area contributed by atoms with Crippen LogP contribution < -0.4 is 10.6 Å². The van der Waals surface area contributed by atoms with Gasteiger partial charge in [0.2, 0.25) is 11.8 Å². The lowest BCUT2D eigenvalue weighted by atomic mass is 9.76. The van der Waals surface area contributed by atoms with Crippen molar-refractivity contribution in [1.82, 2.24) is 44.9 Å². The van der Waals surface area contributed by atoms with Gasteiger partial charge in [0.25, 0.3) is 5.91 Å². The number of carbonyl (C=O) groups is 2. The van der Waals surface area contributed by atoms with E-state index in [1.807, 2.05) is 0 Å². The first kappa shape index (κ1) is 30.6. The summed E-state index contributed by atoms with van der Waals surface area (Å²) in [5.41, 5.74) is 1.61. The molecule has 0 aromatic carbocycles. The lowest BCUT2D eigenvalue weighted by Crippen LogP contribution is -2.39. The van der Waals surface area contributed by atoms with E-state index in [1.165, 1.54) is 16.2 Å². The molecule has 2 amide bonds. The molecule has 7 rings (SSSR count). The second-order valence-electron chi connectivity index (χ2n) is 12.5. The Bertz CT molecular complexity index is 1750. The van der Waals surface area contributed by atoms with Crippen molar-refractivity contribution in [1.29, 1.82) is 0 Å². The minimum Gasteiger partial charge on any atom is -0.344 e. The van der Waals surface area contributed by atoms with E-state index < -0.39 is 47.8 Å². The molecule has 2 aliphatic carbocycles. The molecule has 12 nitrogen and oxygen atoms in total. The molecule has 0 spiro atoms. The zero-order chi connectivity index (χ0) is 32.3. The van der Waals surface area contributed by atoms with Gasteiger partial charge in [0.1, 0.15) is 23.1 Å². The van der Waals surface area contributed by atoms with Crippen LogP contribution in [0.2, 0.25) is 0 Å². The maximum Gasteiger partial charge on any atom is 0.408 e. The van der Waals surface area contributed by atoms with Gasteiger partial charge < -0.3 is 10.6 Å². The summed E-state index contributed by atoms with van der Waals surface area (Å²) in [7, 11) is 0. The molecule has 244 valence electrons. The summed E-state index contributed by atoms with van der Waals surface area (Å²) in [6.07, 6.45) is -0.970. The van der Waals surface area contributed by atoms with Gasteiger partial charge >= 0.3 is 6.18 Å². The number of nitrogens with one attached hydrogen (secondary N) is 2. The van der Waals surface area contributed by atoms with Gasteiger partial charge in [0.05, 0.1) is 29.5 Å². The molecular weight excluding hydrogens is 637 g/mol. The van der Waals surface area contributed by atoms with Crippen LogP contribution in [0.15, 0.2) is 28.6 Å². The number of hydrogen-bond donors (Lipinski definition) is 2. The fourth-order valence-corrected chi connectivity index (χ4v) is 7.02. The third-order valence-corrected chi connectivity index (χ3v) is 9.67. The molecule has 4 aromatic heterocycles. The van der Waals surface area contributed by atoms with E-state index in [4.69, 9.17) is 4.63 Å².